The molecule has 2 aromatic rings. The standard InChI is InChI=1S/C22H25NO2/c24-21-14-12-20(13-15-21)22(25)23-16-19-10-8-18(9-11-19)7-6-17-4-2-1-3-5-17/h1-5,7,12-15,19,24H,6,8-11,16H2,(H,23,25). The lowest BCUT2D eigenvalue weighted by atomic mass is 9.85. The predicted octanol–water partition coefficient (Wildman–Crippen LogP) is 4.48. The molecule has 0 bridgehead atoms. The van der Waals surface area contributed by atoms with Crippen molar-refractivity contribution in [1.29, 1.82) is 0 Å². The molecule has 1 aliphatic carbocycles. The molecule has 0 saturated heterocycles. The van der Waals surface area contributed by atoms with E-state index in [2.05, 4.69) is 35.7 Å². The van der Waals surface area contributed by atoms with Gasteiger partial charge >= 0.3 is 0 Å². The second-order valence-corrected chi connectivity index (χ2v) is 6.75. The van der Waals surface area contributed by atoms with E-state index in [0.717, 1.165) is 38.6 Å². The number of hydrogen-bond acceptors (Lipinski definition) is 2. The first-order valence-corrected chi connectivity index (χ1v) is 9.00. The number of aromatic hydroxyl groups is 1. The van der Waals surface area contributed by atoms with Gasteiger partial charge in [0, 0.05) is 12.1 Å². The first-order valence-electron chi connectivity index (χ1n) is 9.00. The molecule has 1 amide bonds. The molecule has 0 unspecified atom stereocenters. The van der Waals surface area contributed by atoms with E-state index in [1.165, 1.54) is 5.56 Å². The topological polar surface area (TPSA) is 49.3 Å². The number of phenolic OH excluding ortho intramolecular Hbond substituents is 1. The van der Waals surface area contributed by atoms with Crippen LogP contribution in [-0.2, 0) is 6.42 Å². The number of nitrogens with one attached hydrogen (secondary N) is 1. The van der Waals surface area contributed by atoms with Crippen LogP contribution in [0.1, 0.15) is 41.6 Å². The van der Waals surface area contributed by atoms with Gasteiger partial charge in [-0.1, -0.05) is 42.0 Å². The maximum Gasteiger partial charge on any atom is 0.251 e. The zero-order valence-corrected chi connectivity index (χ0v) is 14.4. The summed E-state index contributed by atoms with van der Waals surface area (Å²) in [6, 6.07) is 16.9. The molecule has 1 aliphatic rings. The zero-order chi connectivity index (χ0) is 17.5. The highest BCUT2D eigenvalue weighted by Crippen LogP contribution is 2.28. The minimum Gasteiger partial charge on any atom is -0.508 e. The van der Waals surface area contributed by atoms with E-state index in [-0.39, 0.29) is 11.7 Å². The molecular formula is C22H25NO2. The molecule has 1 saturated carbocycles. The van der Waals surface area contributed by atoms with Crippen molar-refractivity contribution in [2.24, 2.45) is 5.92 Å². The average Bonchev–Trinajstić information content (AvgIpc) is 2.67. The largest absolute Gasteiger partial charge is 0.508 e. The number of phenols is 1. The van der Waals surface area contributed by atoms with Crippen molar-refractivity contribution in [3.05, 3.63) is 77.4 Å². The Morgan fingerprint density at radius 3 is 2.40 bits per heavy atom. The lowest BCUT2D eigenvalue weighted by Crippen LogP contribution is -2.30. The van der Waals surface area contributed by atoms with Crippen molar-refractivity contribution >= 4 is 5.91 Å². The molecule has 2 N–H and O–H groups in total. The molecule has 0 spiro atoms. The third-order valence-electron chi connectivity index (χ3n) is 4.90. The number of benzene rings is 2. The second-order valence-electron chi connectivity index (χ2n) is 6.75. The molecule has 0 heterocycles. The summed E-state index contributed by atoms with van der Waals surface area (Å²) in [7, 11) is 0. The first kappa shape index (κ1) is 17.3. The fourth-order valence-corrected chi connectivity index (χ4v) is 3.28. The van der Waals surface area contributed by atoms with Gasteiger partial charge in [-0.25, -0.2) is 0 Å². The molecule has 2 aromatic carbocycles. The van der Waals surface area contributed by atoms with E-state index in [1.807, 2.05) is 6.07 Å². The van der Waals surface area contributed by atoms with Gasteiger partial charge in [0.15, 0.2) is 0 Å². The Morgan fingerprint density at radius 1 is 1.04 bits per heavy atom. The van der Waals surface area contributed by atoms with Crippen LogP contribution in [0, 0.1) is 5.92 Å². The maximum absolute atomic E-state index is 12.1. The summed E-state index contributed by atoms with van der Waals surface area (Å²) < 4.78 is 0. The molecule has 0 aromatic heterocycles. The summed E-state index contributed by atoms with van der Waals surface area (Å²) >= 11 is 0. The minimum absolute atomic E-state index is 0.0644. The molecule has 0 radical (unpaired) electrons. The molecule has 1 fully saturated rings. The van der Waals surface area contributed by atoms with Crippen LogP contribution in [0.5, 0.6) is 5.75 Å². The van der Waals surface area contributed by atoms with Gasteiger partial charge in [-0.2, -0.15) is 0 Å². The number of carbonyl (C=O) groups is 1. The van der Waals surface area contributed by atoms with E-state index >= 15 is 0 Å². The zero-order valence-electron chi connectivity index (χ0n) is 14.4. The van der Waals surface area contributed by atoms with Crippen LogP contribution in [0.2, 0.25) is 0 Å². The van der Waals surface area contributed by atoms with Crippen molar-refractivity contribution in [2.75, 3.05) is 6.54 Å². The van der Waals surface area contributed by atoms with Crippen LogP contribution in [0.4, 0.5) is 0 Å². The van der Waals surface area contributed by atoms with E-state index in [0.29, 0.717) is 11.5 Å². The smallest absolute Gasteiger partial charge is 0.251 e. The van der Waals surface area contributed by atoms with Crippen molar-refractivity contribution in [2.45, 2.75) is 32.1 Å². The van der Waals surface area contributed by atoms with Crippen LogP contribution in [-0.4, -0.2) is 17.6 Å². The van der Waals surface area contributed by atoms with Crippen LogP contribution in [0.25, 0.3) is 0 Å². The van der Waals surface area contributed by atoms with Crippen LogP contribution in [0.15, 0.2) is 66.2 Å². The van der Waals surface area contributed by atoms with Crippen LogP contribution >= 0.6 is 0 Å². The van der Waals surface area contributed by atoms with Gasteiger partial charge in [-0.15, -0.1) is 0 Å². The van der Waals surface area contributed by atoms with E-state index < -0.39 is 0 Å². The fraction of sp³-hybridized carbons (Fsp3) is 0.318. The fourth-order valence-electron chi connectivity index (χ4n) is 3.28. The summed E-state index contributed by atoms with van der Waals surface area (Å²) in [5.74, 6) is 0.666. The normalized spacial score (nSPS) is 17.1. The van der Waals surface area contributed by atoms with Crippen molar-refractivity contribution in [3.8, 4) is 5.75 Å². The van der Waals surface area contributed by atoms with E-state index in [1.54, 1.807) is 29.8 Å². The Hall–Kier alpha value is -2.55. The molecule has 3 nitrogen and oxygen atoms in total. The first-order chi connectivity index (χ1) is 12.2. The molecule has 3 rings (SSSR count). The van der Waals surface area contributed by atoms with Crippen molar-refractivity contribution in [1.82, 2.24) is 5.32 Å². The molecule has 0 aliphatic heterocycles. The Morgan fingerprint density at radius 2 is 1.72 bits per heavy atom. The Balaban J connectivity index is 1.42. The molecule has 0 atom stereocenters. The Labute approximate surface area is 149 Å². The minimum atomic E-state index is -0.0644. The number of carbonyl (C=O) groups excluding carboxylic acids is 1. The molecule has 3 heteroatoms. The predicted molar refractivity (Wildman–Crippen MR) is 101 cm³/mol. The summed E-state index contributed by atoms with van der Waals surface area (Å²) in [5.41, 5.74) is 3.50. The summed E-state index contributed by atoms with van der Waals surface area (Å²) in [4.78, 5) is 12.1. The SMILES string of the molecule is O=C(NCC1CCC(=CCc2ccccc2)CC1)c1ccc(O)cc1. The summed E-state index contributed by atoms with van der Waals surface area (Å²) in [6.45, 7) is 0.728. The van der Waals surface area contributed by atoms with E-state index in [4.69, 9.17) is 0 Å². The highest BCUT2D eigenvalue weighted by atomic mass is 16.3. The summed E-state index contributed by atoms with van der Waals surface area (Å²) in [6.07, 6.45) is 7.92. The number of amides is 1. The monoisotopic (exact) mass is 335 g/mol. The van der Waals surface area contributed by atoms with Crippen molar-refractivity contribution in [3.63, 3.8) is 0 Å². The third-order valence-corrected chi connectivity index (χ3v) is 4.90. The van der Waals surface area contributed by atoms with Crippen molar-refractivity contribution < 1.29 is 9.90 Å². The van der Waals surface area contributed by atoms with Gasteiger partial charge in [-0.3, -0.25) is 4.79 Å². The average molecular weight is 335 g/mol. The lowest BCUT2D eigenvalue weighted by molar-refractivity contribution is 0.0945. The highest BCUT2D eigenvalue weighted by molar-refractivity contribution is 5.94. The van der Waals surface area contributed by atoms with Gasteiger partial charge < -0.3 is 10.4 Å². The van der Waals surface area contributed by atoms with Crippen LogP contribution in [0.3, 0.4) is 0 Å². The van der Waals surface area contributed by atoms with Gasteiger partial charge in [0.1, 0.15) is 5.75 Å². The van der Waals surface area contributed by atoms with Crippen LogP contribution < -0.4 is 5.32 Å². The Bertz CT molecular complexity index is 709. The number of rotatable bonds is 5. The number of hydrogen-bond donors (Lipinski definition) is 2. The highest BCUT2D eigenvalue weighted by Gasteiger charge is 2.17. The Kier molecular flexibility index (Phi) is 5.89. The third kappa shape index (κ3) is 5.21. The summed E-state index contributed by atoms with van der Waals surface area (Å²) in [5, 5.41) is 12.3. The molecular weight excluding hydrogens is 310 g/mol. The van der Waals surface area contributed by atoms with Gasteiger partial charge in [0.05, 0.1) is 0 Å². The van der Waals surface area contributed by atoms with Gasteiger partial charge in [0.25, 0.3) is 5.91 Å². The van der Waals surface area contributed by atoms with Gasteiger partial charge in [0.2, 0.25) is 0 Å². The second kappa shape index (κ2) is 8.52. The molecule has 130 valence electrons. The maximum atomic E-state index is 12.1. The molecule has 25 heavy (non-hydrogen) atoms. The van der Waals surface area contributed by atoms with E-state index in [9.17, 15) is 9.90 Å². The number of allylic oxidation sites excluding steroid dienone is 2. The van der Waals surface area contributed by atoms with Gasteiger partial charge in [-0.05, 0) is 67.9 Å². The quantitative estimate of drug-likeness (QED) is 0.792. The lowest BCUT2D eigenvalue weighted by Gasteiger charge is -2.24.